The molecule has 4 heteroatoms. The number of hydrogen-bond donors (Lipinski definition) is 2. The summed E-state index contributed by atoms with van der Waals surface area (Å²) in [6, 6.07) is 3.52. The number of phenolic OH excluding ortho intramolecular Hbond substituents is 1. The molecule has 0 spiro atoms. The highest BCUT2D eigenvalue weighted by Crippen LogP contribution is 2.35. The molecule has 0 aliphatic heterocycles. The van der Waals surface area contributed by atoms with Gasteiger partial charge in [0, 0.05) is 15.2 Å². The molecule has 0 radical (unpaired) electrons. The van der Waals surface area contributed by atoms with Gasteiger partial charge in [-0.15, -0.1) is 0 Å². The zero-order valence-electron chi connectivity index (χ0n) is 8.25. The summed E-state index contributed by atoms with van der Waals surface area (Å²) in [7, 11) is 1.53. The third-order valence-corrected chi connectivity index (χ3v) is 2.75. The van der Waals surface area contributed by atoms with E-state index in [1.807, 2.05) is 13.0 Å². The quantitative estimate of drug-likeness (QED) is 0.843. The Bertz CT molecular complexity index is 328. The second-order valence-electron chi connectivity index (χ2n) is 3.06. The van der Waals surface area contributed by atoms with Gasteiger partial charge in [0.2, 0.25) is 0 Å². The van der Waals surface area contributed by atoms with E-state index in [2.05, 4.69) is 22.6 Å². The van der Waals surface area contributed by atoms with Crippen molar-refractivity contribution in [2.45, 2.75) is 19.4 Å². The maximum atomic E-state index is 9.81. The van der Waals surface area contributed by atoms with Crippen LogP contribution in [0.2, 0.25) is 0 Å². The first kappa shape index (κ1) is 11.6. The van der Waals surface area contributed by atoms with Crippen molar-refractivity contribution in [3.63, 3.8) is 0 Å². The molecule has 1 atom stereocenters. The van der Waals surface area contributed by atoms with Crippen LogP contribution >= 0.6 is 22.6 Å². The summed E-state index contributed by atoms with van der Waals surface area (Å²) in [5, 5.41) is 9.81. The van der Waals surface area contributed by atoms with E-state index in [-0.39, 0.29) is 11.8 Å². The van der Waals surface area contributed by atoms with Crippen molar-refractivity contribution >= 4 is 22.6 Å². The molecule has 1 unspecified atom stereocenters. The molecule has 0 saturated heterocycles. The number of benzene rings is 1. The number of nitrogens with two attached hydrogens (primary N) is 1. The first-order valence-corrected chi connectivity index (χ1v) is 5.50. The van der Waals surface area contributed by atoms with E-state index in [1.165, 1.54) is 7.11 Å². The highest BCUT2D eigenvalue weighted by Gasteiger charge is 2.14. The largest absolute Gasteiger partial charge is 0.504 e. The van der Waals surface area contributed by atoms with Crippen molar-refractivity contribution in [2.75, 3.05) is 7.11 Å². The lowest BCUT2D eigenvalue weighted by atomic mass is 10.0. The minimum absolute atomic E-state index is 0.140. The van der Waals surface area contributed by atoms with Gasteiger partial charge in [-0.2, -0.15) is 0 Å². The van der Waals surface area contributed by atoms with Gasteiger partial charge >= 0.3 is 0 Å². The number of hydrogen-bond acceptors (Lipinski definition) is 3. The summed E-state index contributed by atoms with van der Waals surface area (Å²) in [6.45, 7) is 1.98. The van der Waals surface area contributed by atoms with Crippen LogP contribution in [-0.2, 0) is 0 Å². The molecule has 78 valence electrons. The SMILES string of the molecule is CCC(N)c1cc(I)cc(OC)c1O. The van der Waals surface area contributed by atoms with E-state index in [0.29, 0.717) is 5.75 Å². The molecule has 0 aliphatic carbocycles. The molecule has 1 aromatic carbocycles. The van der Waals surface area contributed by atoms with Gasteiger partial charge in [0.05, 0.1) is 7.11 Å². The molecule has 3 nitrogen and oxygen atoms in total. The van der Waals surface area contributed by atoms with E-state index in [0.717, 1.165) is 15.6 Å². The summed E-state index contributed by atoms with van der Waals surface area (Å²) >= 11 is 2.17. The van der Waals surface area contributed by atoms with Gasteiger partial charge in [0.1, 0.15) is 0 Å². The van der Waals surface area contributed by atoms with Crippen molar-refractivity contribution in [3.8, 4) is 11.5 Å². The van der Waals surface area contributed by atoms with Crippen molar-refractivity contribution < 1.29 is 9.84 Å². The normalized spacial score (nSPS) is 12.6. The van der Waals surface area contributed by atoms with Crippen molar-refractivity contribution in [1.82, 2.24) is 0 Å². The van der Waals surface area contributed by atoms with E-state index in [1.54, 1.807) is 6.07 Å². The Balaban J connectivity index is 3.21. The summed E-state index contributed by atoms with van der Waals surface area (Å²) in [5.74, 6) is 0.637. The van der Waals surface area contributed by atoms with Gasteiger partial charge in [-0.05, 0) is 41.1 Å². The predicted molar refractivity (Wildman–Crippen MR) is 64.6 cm³/mol. The number of ether oxygens (including phenoxy) is 1. The van der Waals surface area contributed by atoms with E-state index < -0.39 is 0 Å². The fourth-order valence-electron chi connectivity index (χ4n) is 1.25. The number of halogens is 1. The first-order chi connectivity index (χ1) is 6.60. The second kappa shape index (κ2) is 4.84. The lowest BCUT2D eigenvalue weighted by Crippen LogP contribution is -2.09. The highest BCUT2D eigenvalue weighted by molar-refractivity contribution is 14.1. The van der Waals surface area contributed by atoms with Gasteiger partial charge in [-0.1, -0.05) is 6.92 Å². The average molecular weight is 307 g/mol. The van der Waals surface area contributed by atoms with E-state index in [4.69, 9.17) is 10.5 Å². The highest BCUT2D eigenvalue weighted by atomic mass is 127. The lowest BCUT2D eigenvalue weighted by molar-refractivity contribution is 0.368. The van der Waals surface area contributed by atoms with Crippen LogP contribution in [0, 0.1) is 3.57 Å². The zero-order chi connectivity index (χ0) is 10.7. The average Bonchev–Trinajstić information content (AvgIpc) is 2.19. The van der Waals surface area contributed by atoms with Gasteiger partial charge in [0.25, 0.3) is 0 Å². The number of methoxy groups -OCH3 is 1. The summed E-state index contributed by atoms with van der Waals surface area (Å²) < 4.78 is 6.06. The Morgan fingerprint density at radius 2 is 2.21 bits per heavy atom. The van der Waals surface area contributed by atoms with Crippen LogP contribution in [0.1, 0.15) is 24.9 Å². The number of aromatic hydroxyl groups is 1. The first-order valence-electron chi connectivity index (χ1n) is 4.42. The molecule has 3 N–H and O–H groups in total. The summed E-state index contributed by atoms with van der Waals surface area (Å²) in [6.07, 6.45) is 0.788. The Hall–Kier alpha value is -0.490. The molecule has 0 bridgehead atoms. The molecular weight excluding hydrogens is 293 g/mol. The van der Waals surface area contributed by atoms with Crippen molar-refractivity contribution in [2.24, 2.45) is 5.73 Å². The molecule has 1 rings (SSSR count). The van der Waals surface area contributed by atoms with Crippen LogP contribution in [0.5, 0.6) is 11.5 Å². The van der Waals surface area contributed by atoms with Gasteiger partial charge in [-0.25, -0.2) is 0 Å². The second-order valence-corrected chi connectivity index (χ2v) is 4.31. The number of phenols is 1. The Morgan fingerprint density at radius 3 is 2.71 bits per heavy atom. The van der Waals surface area contributed by atoms with Crippen molar-refractivity contribution in [3.05, 3.63) is 21.3 Å². The molecule has 0 aliphatic rings. The van der Waals surface area contributed by atoms with Gasteiger partial charge in [-0.3, -0.25) is 0 Å². The monoisotopic (exact) mass is 307 g/mol. The maximum Gasteiger partial charge on any atom is 0.162 e. The molecule has 0 aromatic heterocycles. The van der Waals surface area contributed by atoms with Crippen LogP contribution in [-0.4, -0.2) is 12.2 Å². The van der Waals surface area contributed by atoms with Crippen LogP contribution in [0.15, 0.2) is 12.1 Å². The smallest absolute Gasteiger partial charge is 0.162 e. The third-order valence-electron chi connectivity index (χ3n) is 2.13. The van der Waals surface area contributed by atoms with Gasteiger partial charge in [0.15, 0.2) is 11.5 Å². The molecule has 0 amide bonds. The molecule has 0 fully saturated rings. The van der Waals surface area contributed by atoms with E-state index >= 15 is 0 Å². The Morgan fingerprint density at radius 1 is 1.57 bits per heavy atom. The topological polar surface area (TPSA) is 55.5 Å². The molecule has 0 heterocycles. The molecule has 0 saturated carbocycles. The van der Waals surface area contributed by atoms with E-state index in [9.17, 15) is 5.11 Å². The number of rotatable bonds is 3. The summed E-state index contributed by atoms with van der Waals surface area (Å²) in [4.78, 5) is 0. The minimum Gasteiger partial charge on any atom is -0.504 e. The minimum atomic E-state index is -0.140. The predicted octanol–water partition coefficient (Wildman–Crippen LogP) is 2.42. The lowest BCUT2D eigenvalue weighted by Gasteiger charge is -2.14. The maximum absolute atomic E-state index is 9.81. The van der Waals surface area contributed by atoms with Crippen LogP contribution in [0.25, 0.3) is 0 Å². The fraction of sp³-hybridized carbons (Fsp3) is 0.400. The third kappa shape index (κ3) is 2.30. The molecule has 1 aromatic rings. The molecular formula is C10H14INO2. The Labute approximate surface area is 97.4 Å². The van der Waals surface area contributed by atoms with Crippen molar-refractivity contribution in [1.29, 1.82) is 0 Å². The van der Waals surface area contributed by atoms with Crippen LogP contribution < -0.4 is 10.5 Å². The van der Waals surface area contributed by atoms with Crippen LogP contribution in [0.3, 0.4) is 0 Å². The zero-order valence-corrected chi connectivity index (χ0v) is 10.4. The van der Waals surface area contributed by atoms with Crippen LogP contribution in [0.4, 0.5) is 0 Å². The molecule has 14 heavy (non-hydrogen) atoms. The van der Waals surface area contributed by atoms with Gasteiger partial charge < -0.3 is 15.6 Å². The Kier molecular flexibility index (Phi) is 4.00. The standard InChI is InChI=1S/C10H14INO2/c1-3-8(12)7-4-6(11)5-9(14-2)10(7)13/h4-5,8,13H,3,12H2,1-2H3. The summed E-state index contributed by atoms with van der Waals surface area (Å²) in [5.41, 5.74) is 6.62. The fourth-order valence-corrected chi connectivity index (χ4v) is 1.87.